The highest BCUT2D eigenvalue weighted by molar-refractivity contribution is 7.19. The first-order valence-corrected chi connectivity index (χ1v) is 10.1. The number of amides is 1. The van der Waals surface area contributed by atoms with E-state index in [0.29, 0.717) is 5.19 Å². The zero-order valence-corrected chi connectivity index (χ0v) is 16.3. The third-order valence-electron chi connectivity index (χ3n) is 4.80. The van der Waals surface area contributed by atoms with E-state index in [9.17, 15) is 4.79 Å². The molecular formula is C21H22N4O2S. The summed E-state index contributed by atoms with van der Waals surface area (Å²) in [7, 11) is 0. The van der Waals surface area contributed by atoms with E-state index in [1.54, 1.807) is 6.20 Å². The zero-order valence-electron chi connectivity index (χ0n) is 15.5. The molecule has 0 spiro atoms. The van der Waals surface area contributed by atoms with Gasteiger partial charge in [-0.15, -0.1) is 0 Å². The number of thiazole rings is 1. The SMILES string of the molecule is C=CC(=O)NC1CCN(Cc2ccc(Oc3nc4cccnc4s3)cc2)CC1. The smallest absolute Gasteiger partial charge is 0.281 e. The monoisotopic (exact) mass is 394 g/mol. The van der Waals surface area contributed by atoms with Crippen LogP contribution in [0.5, 0.6) is 10.9 Å². The van der Waals surface area contributed by atoms with E-state index in [1.807, 2.05) is 24.3 Å². The van der Waals surface area contributed by atoms with Gasteiger partial charge < -0.3 is 10.1 Å². The molecule has 4 rings (SSSR count). The van der Waals surface area contributed by atoms with Gasteiger partial charge in [0.2, 0.25) is 5.91 Å². The van der Waals surface area contributed by atoms with Gasteiger partial charge in [-0.3, -0.25) is 9.69 Å². The highest BCUT2D eigenvalue weighted by Gasteiger charge is 2.20. The second kappa shape index (κ2) is 8.50. The van der Waals surface area contributed by atoms with E-state index in [4.69, 9.17) is 4.74 Å². The van der Waals surface area contributed by atoms with Crippen LogP contribution in [-0.2, 0) is 11.3 Å². The van der Waals surface area contributed by atoms with Crippen LogP contribution in [-0.4, -0.2) is 39.9 Å². The third-order valence-corrected chi connectivity index (χ3v) is 5.66. The number of aromatic nitrogens is 2. The second-order valence-electron chi connectivity index (χ2n) is 6.82. The van der Waals surface area contributed by atoms with Crippen molar-refractivity contribution in [3.63, 3.8) is 0 Å². The molecule has 1 fully saturated rings. The molecule has 0 atom stereocenters. The lowest BCUT2D eigenvalue weighted by Crippen LogP contribution is -2.43. The van der Waals surface area contributed by atoms with Gasteiger partial charge in [-0.25, -0.2) is 9.97 Å². The van der Waals surface area contributed by atoms with E-state index < -0.39 is 0 Å². The number of benzene rings is 1. The van der Waals surface area contributed by atoms with Crippen molar-refractivity contribution in [2.75, 3.05) is 13.1 Å². The van der Waals surface area contributed by atoms with Crippen molar-refractivity contribution in [3.8, 4) is 10.9 Å². The molecule has 0 unspecified atom stereocenters. The number of carbonyl (C=O) groups excluding carboxylic acids is 1. The van der Waals surface area contributed by atoms with E-state index in [0.717, 1.165) is 48.6 Å². The van der Waals surface area contributed by atoms with Crippen LogP contribution < -0.4 is 10.1 Å². The van der Waals surface area contributed by atoms with Gasteiger partial charge in [0.25, 0.3) is 5.19 Å². The maximum atomic E-state index is 11.4. The van der Waals surface area contributed by atoms with Crippen LogP contribution in [0.25, 0.3) is 10.3 Å². The third kappa shape index (κ3) is 4.55. The lowest BCUT2D eigenvalue weighted by Gasteiger charge is -2.32. The minimum atomic E-state index is -0.0852. The van der Waals surface area contributed by atoms with E-state index in [1.165, 1.54) is 23.0 Å². The highest BCUT2D eigenvalue weighted by atomic mass is 32.1. The Hall–Kier alpha value is -2.77. The van der Waals surface area contributed by atoms with Gasteiger partial charge >= 0.3 is 0 Å². The average Bonchev–Trinajstić information content (AvgIpc) is 3.13. The number of piperidine rings is 1. The Balaban J connectivity index is 1.30. The topological polar surface area (TPSA) is 67.4 Å². The van der Waals surface area contributed by atoms with Gasteiger partial charge in [-0.1, -0.05) is 30.0 Å². The van der Waals surface area contributed by atoms with Gasteiger partial charge in [-0.2, -0.15) is 0 Å². The van der Waals surface area contributed by atoms with Crippen molar-refractivity contribution in [2.24, 2.45) is 0 Å². The molecule has 1 N–H and O–H groups in total. The minimum absolute atomic E-state index is 0.0852. The first-order chi connectivity index (χ1) is 13.7. The number of hydrogen-bond acceptors (Lipinski definition) is 6. The van der Waals surface area contributed by atoms with Crippen LogP contribution in [0.3, 0.4) is 0 Å². The van der Waals surface area contributed by atoms with Crippen molar-refractivity contribution in [1.29, 1.82) is 0 Å². The van der Waals surface area contributed by atoms with Crippen LogP contribution in [0.2, 0.25) is 0 Å². The molecular weight excluding hydrogens is 372 g/mol. The predicted octanol–water partition coefficient (Wildman–Crippen LogP) is 3.75. The summed E-state index contributed by atoms with van der Waals surface area (Å²) in [6.45, 7) is 6.34. The van der Waals surface area contributed by atoms with Crippen LogP contribution >= 0.6 is 11.3 Å². The van der Waals surface area contributed by atoms with Crippen LogP contribution in [0.15, 0.2) is 55.3 Å². The Labute approximate surface area is 167 Å². The Morgan fingerprint density at radius 2 is 2.07 bits per heavy atom. The van der Waals surface area contributed by atoms with Crippen molar-refractivity contribution in [2.45, 2.75) is 25.4 Å². The summed E-state index contributed by atoms with van der Waals surface area (Å²) < 4.78 is 5.88. The number of rotatable bonds is 6. The molecule has 6 nitrogen and oxygen atoms in total. The molecule has 1 aromatic carbocycles. The number of ether oxygens (including phenoxy) is 1. The summed E-state index contributed by atoms with van der Waals surface area (Å²) in [5.74, 6) is 0.687. The number of nitrogens with one attached hydrogen (secondary N) is 1. The zero-order chi connectivity index (χ0) is 19.3. The summed E-state index contributed by atoms with van der Waals surface area (Å²) >= 11 is 1.44. The number of fused-ring (bicyclic) bond motifs is 1. The molecule has 1 aliphatic rings. The van der Waals surface area contributed by atoms with Crippen LogP contribution in [0.4, 0.5) is 0 Å². The van der Waals surface area contributed by atoms with Gasteiger partial charge in [0.15, 0.2) is 0 Å². The largest absolute Gasteiger partial charge is 0.431 e. The fourth-order valence-electron chi connectivity index (χ4n) is 3.31. The molecule has 0 aliphatic carbocycles. The molecule has 1 aliphatic heterocycles. The first kappa shape index (κ1) is 18.6. The lowest BCUT2D eigenvalue weighted by atomic mass is 10.0. The highest BCUT2D eigenvalue weighted by Crippen LogP contribution is 2.30. The van der Waals surface area contributed by atoms with Gasteiger partial charge in [0, 0.05) is 31.9 Å². The molecule has 1 amide bonds. The second-order valence-corrected chi connectivity index (χ2v) is 7.76. The van der Waals surface area contributed by atoms with Crippen LogP contribution in [0.1, 0.15) is 18.4 Å². The van der Waals surface area contributed by atoms with E-state index in [-0.39, 0.29) is 11.9 Å². The average molecular weight is 395 g/mol. The van der Waals surface area contributed by atoms with Crippen molar-refractivity contribution in [1.82, 2.24) is 20.2 Å². The maximum Gasteiger partial charge on any atom is 0.281 e. The summed E-state index contributed by atoms with van der Waals surface area (Å²) in [4.78, 5) is 23.4. The van der Waals surface area contributed by atoms with Gasteiger partial charge in [-0.05, 0) is 48.7 Å². The summed E-state index contributed by atoms with van der Waals surface area (Å²) in [6.07, 6.45) is 5.02. The first-order valence-electron chi connectivity index (χ1n) is 9.33. The Bertz CT molecular complexity index is 929. The molecule has 3 heterocycles. The molecule has 2 aromatic heterocycles. The quantitative estimate of drug-likeness (QED) is 0.645. The number of carbonyl (C=O) groups is 1. The number of pyridine rings is 1. The summed E-state index contributed by atoms with van der Waals surface area (Å²) in [5, 5.41) is 3.59. The number of hydrogen-bond donors (Lipinski definition) is 1. The molecule has 3 aromatic rings. The van der Waals surface area contributed by atoms with Crippen molar-refractivity contribution < 1.29 is 9.53 Å². The Morgan fingerprint density at radius 1 is 1.29 bits per heavy atom. The fraction of sp³-hybridized carbons (Fsp3) is 0.286. The maximum absolute atomic E-state index is 11.4. The normalized spacial score (nSPS) is 15.4. The summed E-state index contributed by atoms with van der Waals surface area (Å²) in [5.41, 5.74) is 2.10. The predicted molar refractivity (Wildman–Crippen MR) is 111 cm³/mol. The lowest BCUT2D eigenvalue weighted by molar-refractivity contribution is -0.117. The van der Waals surface area contributed by atoms with E-state index in [2.05, 4.69) is 38.9 Å². The molecule has 144 valence electrons. The fourth-order valence-corrected chi connectivity index (χ4v) is 4.09. The van der Waals surface area contributed by atoms with E-state index >= 15 is 0 Å². The van der Waals surface area contributed by atoms with Crippen molar-refractivity contribution >= 4 is 27.6 Å². The number of likely N-dealkylation sites (tertiary alicyclic amines) is 1. The minimum Gasteiger partial charge on any atom is -0.431 e. The molecule has 0 radical (unpaired) electrons. The van der Waals surface area contributed by atoms with Gasteiger partial charge in [0.1, 0.15) is 16.1 Å². The molecule has 28 heavy (non-hydrogen) atoms. The molecule has 7 heteroatoms. The van der Waals surface area contributed by atoms with Gasteiger partial charge in [0.05, 0.1) is 0 Å². The molecule has 1 saturated heterocycles. The Kier molecular flexibility index (Phi) is 5.64. The Morgan fingerprint density at radius 3 is 2.79 bits per heavy atom. The number of nitrogens with zero attached hydrogens (tertiary/aromatic N) is 3. The molecule has 0 bridgehead atoms. The standard InChI is InChI=1S/C21H22N4O2S/c1-2-19(26)23-16-9-12-25(13-10-16)14-15-5-7-17(8-6-15)27-21-24-18-4-3-11-22-20(18)28-21/h2-8,11,16H,1,9-10,12-14H2,(H,23,26). The summed E-state index contributed by atoms with van der Waals surface area (Å²) in [6, 6.07) is 12.2. The molecule has 0 saturated carbocycles. The van der Waals surface area contributed by atoms with Crippen LogP contribution in [0, 0.1) is 0 Å². The van der Waals surface area contributed by atoms with Crippen molar-refractivity contribution in [3.05, 3.63) is 60.8 Å².